The first-order valence-corrected chi connectivity index (χ1v) is 8.82. The van der Waals surface area contributed by atoms with Gasteiger partial charge in [-0.25, -0.2) is 4.79 Å². The minimum atomic E-state index is -0.402. The maximum Gasteiger partial charge on any atom is 0.340 e. The number of esters is 1. The maximum absolute atomic E-state index is 11.9. The molecule has 2 rings (SSSR count). The number of benzene rings is 1. The van der Waals surface area contributed by atoms with Crippen LogP contribution < -0.4 is 16.0 Å². The van der Waals surface area contributed by atoms with Gasteiger partial charge in [-0.2, -0.15) is 0 Å². The van der Waals surface area contributed by atoms with Crippen LogP contribution in [0.25, 0.3) is 0 Å². The fourth-order valence-corrected chi connectivity index (χ4v) is 3.35. The summed E-state index contributed by atoms with van der Waals surface area (Å²) in [7, 11) is 1.35. The molecule has 1 heterocycles. The first-order valence-electron chi connectivity index (χ1n) is 7.59. The van der Waals surface area contributed by atoms with Crippen LogP contribution in [0, 0.1) is 0 Å². The van der Waals surface area contributed by atoms with Gasteiger partial charge in [0.2, 0.25) is 5.91 Å². The summed E-state index contributed by atoms with van der Waals surface area (Å²) in [5, 5.41) is 9.80. The number of nitrogens with one attached hydrogen (secondary N) is 3. The quantitative estimate of drug-likeness (QED) is 0.542. The van der Waals surface area contributed by atoms with Crippen LogP contribution in [0.15, 0.2) is 30.3 Å². The third-order valence-corrected chi connectivity index (χ3v) is 4.63. The molecule has 0 fully saturated rings. The lowest BCUT2D eigenvalue weighted by Gasteiger charge is -2.11. The van der Waals surface area contributed by atoms with Crippen molar-refractivity contribution in [2.24, 2.45) is 0 Å². The Balaban J connectivity index is 2.06. The van der Waals surface area contributed by atoms with Gasteiger partial charge < -0.3 is 20.7 Å². The highest BCUT2D eigenvalue weighted by Gasteiger charge is 2.17. The smallest absolute Gasteiger partial charge is 0.340 e. The molecule has 0 aliphatic heterocycles. The molecule has 0 bridgehead atoms. The molecule has 3 N–H and O–H groups in total. The van der Waals surface area contributed by atoms with E-state index in [1.54, 1.807) is 24.3 Å². The fourth-order valence-electron chi connectivity index (χ4n) is 2.08. The van der Waals surface area contributed by atoms with Gasteiger partial charge >= 0.3 is 5.97 Å². The summed E-state index contributed by atoms with van der Waals surface area (Å²) < 4.78 is 4.81. The second-order valence-corrected chi connectivity index (χ2v) is 6.68. The predicted octanol–water partition coefficient (Wildman–Crippen LogP) is 3.86. The van der Waals surface area contributed by atoms with Crippen LogP contribution in [0.5, 0.6) is 0 Å². The summed E-state index contributed by atoms with van der Waals surface area (Å²) in [6.07, 6.45) is 0.821. The van der Waals surface area contributed by atoms with Crippen molar-refractivity contribution in [1.82, 2.24) is 0 Å². The minimum Gasteiger partial charge on any atom is -0.465 e. The zero-order valence-corrected chi connectivity index (χ0v) is 15.8. The Kier molecular flexibility index (Phi) is 6.49. The number of amides is 1. The number of thiocarbonyl (C=S) groups is 1. The third kappa shape index (κ3) is 5.27. The Hall–Kier alpha value is -2.45. The van der Waals surface area contributed by atoms with Crippen molar-refractivity contribution < 1.29 is 14.3 Å². The van der Waals surface area contributed by atoms with Crippen molar-refractivity contribution in [3.63, 3.8) is 0 Å². The molecule has 0 aliphatic carbocycles. The number of aryl methyl sites for hydroxylation is 1. The fraction of sp³-hybridized carbons (Fsp3) is 0.235. The highest BCUT2D eigenvalue weighted by Crippen LogP contribution is 2.29. The van der Waals surface area contributed by atoms with Gasteiger partial charge in [-0.1, -0.05) is 6.92 Å². The Morgan fingerprint density at radius 1 is 1.12 bits per heavy atom. The summed E-state index contributed by atoms with van der Waals surface area (Å²) in [4.78, 5) is 24.0. The van der Waals surface area contributed by atoms with E-state index in [2.05, 4.69) is 16.0 Å². The Morgan fingerprint density at radius 3 is 2.24 bits per heavy atom. The standard InChI is InChI=1S/C17H19N3O3S2/c1-4-13-9-14(16(22)23-3)15(25-13)20-17(24)19-12-7-5-11(6-8-12)18-10(2)21/h5-9H,4H2,1-3H3,(H,18,21)(H2,19,20,24). The molecule has 6 nitrogen and oxygen atoms in total. The topological polar surface area (TPSA) is 79.5 Å². The van der Waals surface area contributed by atoms with E-state index in [0.29, 0.717) is 21.4 Å². The van der Waals surface area contributed by atoms with Crippen molar-refractivity contribution in [1.29, 1.82) is 0 Å². The van der Waals surface area contributed by atoms with Crippen LogP contribution in [0.3, 0.4) is 0 Å². The van der Waals surface area contributed by atoms with Gasteiger partial charge in [-0.3, -0.25) is 4.79 Å². The van der Waals surface area contributed by atoms with Crippen molar-refractivity contribution >= 4 is 56.9 Å². The van der Waals surface area contributed by atoms with Crippen molar-refractivity contribution in [3.8, 4) is 0 Å². The van der Waals surface area contributed by atoms with Crippen molar-refractivity contribution in [2.75, 3.05) is 23.1 Å². The van der Waals surface area contributed by atoms with Gasteiger partial charge in [0.25, 0.3) is 0 Å². The van der Waals surface area contributed by atoms with Crippen molar-refractivity contribution in [2.45, 2.75) is 20.3 Å². The summed E-state index contributed by atoms with van der Waals surface area (Å²) in [5.41, 5.74) is 1.93. The summed E-state index contributed by atoms with van der Waals surface area (Å²) >= 11 is 6.78. The summed E-state index contributed by atoms with van der Waals surface area (Å²) in [6, 6.07) is 8.95. The average molecular weight is 377 g/mol. The molecule has 1 amide bonds. The van der Waals surface area contributed by atoms with Crippen LogP contribution in [0.1, 0.15) is 29.1 Å². The predicted molar refractivity (Wildman–Crippen MR) is 106 cm³/mol. The van der Waals surface area contributed by atoms with E-state index < -0.39 is 5.97 Å². The molecule has 8 heteroatoms. The first-order chi connectivity index (χ1) is 11.9. The molecule has 0 unspecified atom stereocenters. The van der Waals surface area contributed by atoms with Crippen molar-refractivity contribution in [3.05, 3.63) is 40.8 Å². The molecule has 0 saturated carbocycles. The van der Waals surface area contributed by atoms with E-state index in [-0.39, 0.29) is 5.91 Å². The highest BCUT2D eigenvalue weighted by atomic mass is 32.1. The van der Waals surface area contributed by atoms with Gasteiger partial charge in [-0.15, -0.1) is 11.3 Å². The molecule has 1 aromatic heterocycles. The molecular weight excluding hydrogens is 358 g/mol. The first kappa shape index (κ1) is 18.9. The minimum absolute atomic E-state index is 0.127. The molecule has 25 heavy (non-hydrogen) atoms. The number of rotatable bonds is 5. The zero-order valence-electron chi connectivity index (χ0n) is 14.1. The average Bonchev–Trinajstić information content (AvgIpc) is 2.98. The lowest BCUT2D eigenvalue weighted by Crippen LogP contribution is -2.19. The summed E-state index contributed by atoms with van der Waals surface area (Å²) in [5.74, 6) is -0.529. The van der Waals surface area contributed by atoms with E-state index in [4.69, 9.17) is 17.0 Å². The van der Waals surface area contributed by atoms with Gasteiger partial charge in [0.1, 0.15) is 5.00 Å². The molecule has 132 valence electrons. The number of hydrogen-bond donors (Lipinski definition) is 3. The molecular formula is C17H19N3O3S2. The summed E-state index contributed by atoms with van der Waals surface area (Å²) in [6.45, 7) is 3.47. The third-order valence-electron chi connectivity index (χ3n) is 3.23. The second-order valence-electron chi connectivity index (χ2n) is 5.14. The van der Waals surface area contributed by atoms with Gasteiger partial charge in [0.15, 0.2) is 5.11 Å². The van der Waals surface area contributed by atoms with E-state index in [1.165, 1.54) is 25.4 Å². The van der Waals surface area contributed by atoms with Crippen LogP contribution in [-0.4, -0.2) is 24.1 Å². The number of methoxy groups -OCH3 is 1. The molecule has 0 aliphatic rings. The number of thiophene rings is 1. The van der Waals surface area contributed by atoms with Crippen LogP contribution in [0.2, 0.25) is 0 Å². The molecule has 1 aromatic carbocycles. The number of carbonyl (C=O) groups is 2. The monoisotopic (exact) mass is 377 g/mol. The lowest BCUT2D eigenvalue weighted by atomic mass is 10.2. The van der Waals surface area contributed by atoms with E-state index in [1.807, 2.05) is 13.0 Å². The Bertz CT molecular complexity index is 785. The van der Waals surface area contributed by atoms with Crippen LogP contribution in [0.4, 0.5) is 16.4 Å². The molecule has 0 saturated heterocycles. The Labute approximate surface area is 155 Å². The number of anilines is 3. The molecule has 0 spiro atoms. The number of hydrogen-bond acceptors (Lipinski definition) is 5. The highest BCUT2D eigenvalue weighted by molar-refractivity contribution is 7.80. The number of carbonyl (C=O) groups excluding carboxylic acids is 2. The van der Waals surface area contributed by atoms with Gasteiger partial charge in [0.05, 0.1) is 12.7 Å². The second kappa shape index (κ2) is 8.59. The number of ether oxygens (including phenoxy) is 1. The van der Waals surface area contributed by atoms with Crippen LogP contribution in [-0.2, 0) is 16.0 Å². The molecule has 2 aromatic rings. The van der Waals surface area contributed by atoms with E-state index in [0.717, 1.165) is 17.0 Å². The zero-order chi connectivity index (χ0) is 18.4. The molecule has 0 radical (unpaired) electrons. The van der Waals surface area contributed by atoms with Gasteiger partial charge in [-0.05, 0) is 49.0 Å². The van der Waals surface area contributed by atoms with Gasteiger partial charge in [0, 0.05) is 23.2 Å². The SMILES string of the molecule is CCc1cc(C(=O)OC)c(NC(=S)Nc2ccc(NC(C)=O)cc2)s1. The normalized spacial score (nSPS) is 10.0. The largest absolute Gasteiger partial charge is 0.465 e. The molecule has 0 atom stereocenters. The van der Waals surface area contributed by atoms with Crippen LogP contribution >= 0.6 is 23.6 Å². The Morgan fingerprint density at radius 2 is 1.72 bits per heavy atom. The van der Waals surface area contributed by atoms with E-state index >= 15 is 0 Å². The van der Waals surface area contributed by atoms with E-state index in [9.17, 15) is 9.59 Å². The lowest BCUT2D eigenvalue weighted by molar-refractivity contribution is -0.114. The maximum atomic E-state index is 11.9.